The summed E-state index contributed by atoms with van der Waals surface area (Å²) >= 11 is 0. The summed E-state index contributed by atoms with van der Waals surface area (Å²) in [6.45, 7) is 10.3. The Kier molecular flexibility index (Phi) is 10.5. The second-order valence-electron chi connectivity index (χ2n) is 12.6. The maximum Gasteiger partial charge on any atom is 0.147 e. The highest BCUT2D eigenvalue weighted by Crippen LogP contribution is 2.35. The first-order valence-electron chi connectivity index (χ1n) is 15.5. The molecule has 0 spiro atoms. The minimum absolute atomic E-state index is 0.0487. The molecule has 3 aromatic heterocycles. The average Bonchev–Trinajstić information content (AvgIpc) is 3.52. The number of hydrogen-bond donors (Lipinski definition) is 0. The van der Waals surface area contributed by atoms with Gasteiger partial charge in [-0.05, 0) is 106 Å². The van der Waals surface area contributed by atoms with E-state index in [-0.39, 0.29) is 11.6 Å². The lowest BCUT2D eigenvalue weighted by Crippen LogP contribution is -2.44. The number of aryl methyl sites for hydroxylation is 5. The van der Waals surface area contributed by atoms with Crippen molar-refractivity contribution in [1.82, 2.24) is 14.8 Å². The van der Waals surface area contributed by atoms with Gasteiger partial charge in [-0.3, -0.25) is 19.3 Å². The van der Waals surface area contributed by atoms with Crippen LogP contribution < -0.4 is 0 Å². The van der Waals surface area contributed by atoms with E-state index < -0.39 is 5.41 Å². The van der Waals surface area contributed by atoms with E-state index >= 15 is 0 Å². The van der Waals surface area contributed by atoms with Crippen molar-refractivity contribution in [3.63, 3.8) is 0 Å². The van der Waals surface area contributed by atoms with E-state index in [1.54, 1.807) is 6.26 Å². The topological polar surface area (TPSA) is 78.0 Å². The van der Waals surface area contributed by atoms with Crippen molar-refractivity contribution < 1.29 is 14.0 Å². The van der Waals surface area contributed by atoms with Crippen molar-refractivity contribution in [2.24, 2.45) is 18.4 Å². The van der Waals surface area contributed by atoms with Crippen LogP contribution in [0.15, 0.2) is 53.1 Å². The van der Waals surface area contributed by atoms with Crippen molar-refractivity contribution in [1.29, 1.82) is 0 Å². The number of Topliss-reactive ketones (excluding diaryl/α,β-unsaturated/α-hetero) is 2. The zero-order chi connectivity index (χ0) is 30.3. The lowest BCUT2D eigenvalue weighted by molar-refractivity contribution is -0.141. The number of nitrogens with zero attached hydrogens (tertiary/aromatic N) is 3. The number of fused-ring (bicyclic) bond motifs is 1. The summed E-state index contributed by atoms with van der Waals surface area (Å²) in [6.07, 6.45) is 8.65. The van der Waals surface area contributed by atoms with E-state index in [4.69, 9.17) is 4.42 Å². The molecule has 0 radical (unpaired) electrons. The van der Waals surface area contributed by atoms with Crippen molar-refractivity contribution in [3.05, 3.63) is 82.6 Å². The van der Waals surface area contributed by atoms with Gasteiger partial charge in [0.1, 0.15) is 17.1 Å². The number of ketones is 2. The van der Waals surface area contributed by atoms with Crippen molar-refractivity contribution in [2.45, 2.75) is 98.8 Å². The van der Waals surface area contributed by atoms with E-state index in [0.29, 0.717) is 31.6 Å². The molecule has 1 aromatic carbocycles. The van der Waals surface area contributed by atoms with Gasteiger partial charge in [0.25, 0.3) is 0 Å². The van der Waals surface area contributed by atoms with E-state index in [9.17, 15) is 9.59 Å². The molecule has 0 aliphatic heterocycles. The molecule has 42 heavy (non-hydrogen) atoms. The Morgan fingerprint density at radius 1 is 0.833 bits per heavy atom. The van der Waals surface area contributed by atoms with E-state index in [1.807, 2.05) is 62.8 Å². The SMILES string of the molecule is Cc1cc(CC(Cc2cc(C)nn2C)(C(=O)CCCCc2ccc3occc3c2)C(=O)CCCCC(C)C)cc(C)n1. The first kappa shape index (κ1) is 31.4. The van der Waals surface area contributed by atoms with Gasteiger partial charge >= 0.3 is 0 Å². The van der Waals surface area contributed by atoms with Gasteiger partial charge in [0.05, 0.1) is 17.4 Å². The molecular formula is C36H47N3O3. The maximum absolute atomic E-state index is 14.4. The van der Waals surface area contributed by atoms with Crippen LogP contribution in [0.2, 0.25) is 0 Å². The predicted octanol–water partition coefficient (Wildman–Crippen LogP) is 8.03. The fourth-order valence-electron chi connectivity index (χ4n) is 6.23. The molecule has 3 heterocycles. The Bertz CT molecular complexity index is 1490. The molecule has 224 valence electrons. The summed E-state index contributed by atoms with van der Waals surface area (Å²) in [7, 11) is 1.91. The van der Waals surface area contributed by atoms with Gasteiger partial charge < -0.3 is 4.42 Å². The molecule has 0 bridgehead atoms. The molecule has 0 N–H and O–H groups in total. The van der Waals surface area contributed by atoms with Gasteiger partial charge in [0.2, 0.25) is 0 Å². The fourth-order valence-corrected chi connectivity index (χ4v) is 6.23. The van der Waals surface area contributed by atoms with Crippen LogP contribution in [0.1, 0.15) is 92.7 Å². The third kappa shape index (κ3) is 8.05. The Hall–Kier alpha value is -3.54. The van der Waals surface area contributed by atoms with Crippen LogP contribution in [0, 0.1) is 32.1 Å². The summed E-state index contributed by atoms with van der Waals surface area (Å²) < 4.78 is 7.30. The predicted molar refractivity (Wildman–Crippen MR) is 169 cm³/mol. The van der Waals surface area contributed by atoms with E-state index in [2.05, 4.69) is 36.1 Å². The van der Waals surface area contributed by atoms with Crippen LogP contribution >= 0.6 is 0 Å². The minimum Gasteiger partial charge on any atom is -0.464 e. The molecule has 1 atom stereocenters. The summed E-state index contributed by atoms with van der Waals surface area (Å²) in [5.74, 6) is 0.709. The first-order chi connectivity index (χ1) is 20.1. The zero-order valence-corrected chi connectivity index (χ0v) is 26.3. The Labute approximate surface area is 250 Å². The van der Waals surface area contributed by atoms with Crippen LogP contribution in [0.25, 0.3) is 11.0 Å². The molecule has 6 heteroatoms. The molecule has 4 aromatic rings. The number of aromatic nitrogens is 3. The number of pyridine rings is 1. The number of rotatable bonds is 16. The highest BCUT2D eigenvalue weighted by molar-refractivity contribution is 6.07. The second kappa shape index (κ2) is 14.1. The molecular weight excluding hydrogens is 522 g/mol. The number of benzene rings is 1. The second-order valence-corrected chi connectivity index (χ2v) is 12.6. The maximum atomic E-state index is 14.4. The molecule has 6 nitrogen and oxygen atoms in total. The Morgan fingerprint density at radius 3 is 2.17 bits per heavy atom. The van der Waals surface area contributed by atoms with Crippen molar-refractivity contribution >= 4 is 22.5 Å². The molecule has 0 fully saturated rings. The smallest absolute Gasteiger partial charge is 0.147 e. The highest BCUT2D eigenvalue weighted by atomic mass is 16.3. The highest BCUT2D eigenvalue weighted by Gasteiger charge is 2.45. The van der Waals surface area contributed by atoms with Gasteiger partial charge in [0.15, 0.2) is 0 Å². The van der Waals surface area contributed by atoms with Gasteiger partial charge in [-0.2, -0.15) is 5.10 Å². The van der Waals surface area contributed by atoms with E-state index in [1.165, 1.54) is 5.56 Å². The van der Waals surface area contributed by atoms with Gasteiger partial charge in [0, 0.05) is 48.8 Å². The lowest BCUT2D eigenvalue weighted by Gasteiger charge is -2.32. The Morgan fingerprint density at radius 2 is 1.52 bits per heavy atom. The molecule has 0 aliphatic rings. The van der Waals surface area contributed by atoms with Crippen LogP contribution in [-0.4, -0.2) is 26.3 Å². The van der Waals surface area contributed by atoms with Crippen LogP contribution in [0.4, 0.5) is 0 Å². The van der Waals surface area contributed by atoms with Gasteiger partial charge in [-0.25, -0.2) is 0 Å². The summed E-state index contributed by atoms with van der Waals surface area (Å²) in [5.41, 5.74) is 5.61. The normalized spacial score (nSPS) is 13.1. The summed E-state index contributed by atoms with van der Waals surface area (Å²) in [5, 5.41) is 5.65. The van der Waals surface area contributed by atoms with Gasteiger partial charge in [-0.15, -0.1) is 0 Å². The molecule has 0 saturated heterocycles. The molecule has 1 unspecified atom stereocenters. The van der Waals surface area contributed by atoms with Gasteiger partial charge in [-0.1, -0.05) is 32.8 Å². The Balaban J connectivity index is 1.59. The van der Waals surface area contributed by atoms with Crippen LogP contribution in [-0.2, 0) is 35.9 Å². The van der Waals surface area contributed by atoms with Crippen molar-refractivity contribution in [2.75, 3.05) is 0 Å². The third-order valence-electron chi connectivity index (χ3n) is 8.37. The fraction of sp³-hybridized carbons (Fsp3) is 0.500. The largest absolute Gasteiger partial charge is 0.464 e. The molecule has 0 saturated carbocycles. The van der Waals surface area contributed by atoms with Crippen LogP contribution in [0.5, 0.6) is 0 Å². The summed E-state index contributed by atoms with van der Waals surface area (Å²) in [4.78, 5) is 33.3. The molecule has 0 amide bonds. The number of carbonyl (C=O) groups is 2. The van der Waals surface area contributed by atoms with Crippen molar-refractivity contribution in [3.8, 4) is 0 Å². The van der Waals surface area contributed by atoms with Crippen LogP contribution in [0.3, 0.4) is 0 Å². The summed E-state index contributed by atoms with van der Waals surface area (Å²) in [6, 6.07) is 14.3. The molecule has 0 aliphatic carbocycles. The quantitative estimate of drug-likeness (QED) is 0.101. The monoisotopic (exact) mass is 569 g/mol. The number of unbranched alkanes of at least 4 members (excludes halogenated alkanes) is 2. The zero-order valence-electron chi connectivity index (χ0n) is 26.3. The third-order valence-corrected chi connectivity index (χ3v) is 8.37. The standard InChI is InChI=1S/C36H47N3O3/c1-25(2)11-7-9-13-34(40)36(24-32-21-28(5)38-39(32)6,23-30-19-26(3)37-27(4)20-30)35(41)14-10-8-12-29-15-16-33-31(22-29)17-18-42-33/h15-22,25H,7-14,23-24H2,1-6H3. The average molecular weight is 570 g/mol. The first-order valence-corrected chi connectivity index (χ1v) is 15.5. The number of carbonyl (C=O) groups excluding carboxylic acids is 2. The number of hydrogen-bond acceptors (Lipinski definition) is 5. The number of furan rings is 1. The molecule has 4 rings (SSSR count). The lowest BCUT2D eigenvalue weighted by atomic mass is 9.68. The minimum atomic E-state index is -1.13. The van der Waals surface area contributed by atoms with E-state index in [0.717, 1.165) is 77.8 Å².